The number of amides is 1. The molecule has 2 aromatic rings. The third-order valence-corrected chi connectivity index (χ3v) is 3.83. The Balaban J connectivity index is 2.10. The van der Waals surface area contributed by atoms with Crippen LogP contribution in [0.5, 0.6) is 0 Å². The number of carbonyl (C=O) groups is 2. The average Bonchev–Trinajstić information content (AvgIpc) is 2.60. The molecule has 1 aromatic carbocycles. The van der Waals surface area contributed by atoms with Crippen LogP contribution in [-0.4, -0.2) is 42.1 Å². The van der Waals surface area contributed by atoms with Gasteiger partial charge in [-0.3, -0.25) is 9.59 Å². The quantitative estimate of drug-likeness (QED) is 0.770. The molecule has 2 rings (SSSR count). The molecule has 25 heavy (non-hydrogen) atoms. The summed E-state index contributed by atoms with van der Waals surface area (Å²) in [5, 5.41) is 11.9. The summed E-state index contributed by atoms with van der Waals surface area (Å²) in [6.07, 6.45) is 2.57. The predicted molar refractivity (Wildman–Crippen MR) is 96.8 cm³/mol. The summed E-state index contributed by atoms with van der Waals surface area (Å²) in [4.78, 5) is 29.5. The van der Waals surface area contributed by atoms with Crippen molar-refractivity contribution in [3.05, 3.63) is 59.8 Å². The van der Waals surface area contributed by atoms with Crippen molar-refractivity contribution in [2.45, 2.75) is 25.3 Å². The first-order chi connectivity index (χ1) is 12.0. The van der Waals surface area contributed by atoms with E-state index in [0.29, 0.717) is 24.2 Å². The Labute approximate surface area is 147 Å². The Hall–Kier alpha value is -2.89. The highest BCUT2D eigenvalue weighted by molar-refractivity contribution is 5.95. The first-order valence-electron chi connectivity index (χ1n) is 8.15. The van der Waals surface area contributed by atoms with Crippen molar-refractivity contribution >= 4 is 17.7 Å². The van der Waals surface area contributed by atoms with Gasteiger partial charge >= 0.3 is 5.97 Å². The number of aromatic nitrogens is 1. The molecule has 0 aliphatic rings. The van der Waals surface area contributed by atoms with Crippen LogP contribution in [0.2, 0.25) is 0 Å². The molecule has 0 aliphatic heterocycles. The minimum absolute atomic E-state index is 0.0110. The normalized spacial score (nSPS) is 11.6. The topological polar surface area (TPSA) is 82.5 Å². The largest absolute Gasteiger partial charge is 0.481 e. The Morgan fingerprint density at radius 1 is 1.20 bits per heavy atom. The Morgan fingerprint density at radius 2 is 1.92 bits per heavy atom. The maximum atomic E-state index is 12.6. The number of benzene rings is 1. The lowest BCUT2D eigenvalue weighted by Crippen LogP contribution is -2.37. The standard InChI is InChI=1S/C19H23N3O3/c1-22(2)17-13-15(10-11-20-17)19(25)21-16(8-9-18(23)24)12-14-6-4-3-5-7-14/h3-7,10-11,13,16H,8-9,12H2,1-2H3,(H,21,25)(H,23,24). The van der Waals surface area contributed by atoms with E-state index in [4.69, 9.17) is 5.11 Å². The second kappa shape index (κ2) is 8.82. The lowest BCUT2D eigenvalue weighted by atomic mass is 10.0. The van der Waals surface area contributed by atoms with Crippen LogP contribution in [0.15, 0.2) is 48.7 Å². The van der Waals surface area contributed by atoms with Gasteiger partial charge in [0, 0.05) is 38.3 Å². The monoisotopic (exact) mass is 341 g/mol. The number of carboxylic acids is 1. The van der Waals surface area contributed by atoms with Crippen LogP contribution < -0.4 is 10.2 Å². The van der Waals surface area contributed by atoms with E-state index in [1.807, 2.05) is 49.3 Å². The van der Waals surface area contributed by atoms with Crippen molar-refractivity contribution in [1.29, 1.82) is 0 Å². The number of nitrogens with zero attached hydrogens (tertiary/aromatic N) is 2. The third kappa shape index (κ3) is 5.91. The number of aliphatic carboxylic acids is 1. The molecule has 1 atom stereocenters. The van der Waals surface area contributed by atoms with Crippen molar-refractivity contribution in [1.82, 2.24) is 10.3 Å². The lowest BCUT2D eigenvalue weighted by Gasteiger charge is -2.19. The molecule has 0 fully saturated rings. The van der Waals surface area contributed by atoms with Gasteiger partial charge in [-0.15, -0.1) is 0 Å². The van der Waals surface area contributed by atoms with E-state index in [0.717, 1.165) is 5.56 Å². The summed E-state index contributed by atoms with van der Waals surface area (Å²) < 4.78 is 0. The average molecular weight is 341 g/mol. The molecule has 0 spiro atoms. The fraction of sp³-hybridized carbons (Fsp3) is 0.316. The second-order valence-electron chi connectivity index (χ2n) is 6.09. The number of anilines is 1. The molecule has 1 amide bonds. The highest BCUT2D eigenvalue weighted by Crippen LogP contribution is 2.12. The highest BCUT2D eigenvalue weighted by atomic mass is 16.4. The van der Waals surface area contributed by atoms with Gasteiger partial charge in [0.1, 0.15) is 5.82 Å². The fourth-order valence-electron chi connectivity index (χ4n) is 2.49. The van der Waals surface area contributed by atoms with Gasteiger partial charge in [0.05, 0.1) is 0 Å². The molecule has 6 nitrogen and oxygen atoms in total. The van der Waals surface area contributed by atoms with Crippen molar-refractivity contribution in [2.24, 2.45) is 0 Å². The first kappa shape index (κ1) is 18.4. The van der Waals surface area contributed by atoms with Crippen molar-refractivity contribution in [2.75, 3.05) is 19.0 Å². The van der Waals surface area contributed by atoms with Gasteiger partial charge in [-0.25, -0.2) is 4.98 Å². The zero-order valence-electron chi connectivity index (χ0n) is 14.5. The number of pyridine rings is 1. The van der Waals surface area contributed by atoms with Crippen molar-refractivity contribution < 1.29 is 14.7 Å². The van der Waals surface area contributed by atoms with Crippen LogP contribution in [0.1, 0.15) is 28.8 Å². The minimum atomic E-state index is -0.869. The maximum Gasteiger partial charge on any atom is 0.303 e. The molecule has 132 valence electrons. The second-order valence-corrected chi connectivity index (χ2v) is 6.09. The lowest BCUT2D eigenvalue weighted by molar-refractivity contribution is -0.137. The summed E-state index contributed by atoms with van der Waals surface area (Å²) in [5.41, 5.74) is 1.56. The van der Waals surface area contributed by atoms with Gasteiger partial charge in [0.15, 0.2) is 0 Å². The minimum Gasteiger partial charge on any atom is -0.481 e. The van der Waals surface area contributed by atoms with E-state index in [9.17, 15) is 9.59 Å². The Bertz CT molecular complexity index is 717. The number of carboxylic acid groups (broad SMARTS) is 1. The van der Waals surface area contributed by atoms with Gasteiger partial charge < -0.3 is 15.3 Å². The first-order valence-corrected chi connectivity index (χ1v) is 8.15. The molecule has 1 aromatic heterocycles. The predicted octanol–water partition coefficient (Wildman–Crippen LogP) is 2.35. The molecular weight excluding hydrogens is 318 g/mol. The van der Waals surface area contributed by atoms with E-state index >= 15 is 0 Å². The van der Waals surface area contributed by atoms with Crippen LogP contribution >= 0.6 is 0 Å². The summed E-state index contributed by atoms with van der Waals surface area (Å²) in [7, 11) is 3.71. The molecule has 1 heterocycles. The van der Waals surface area contributed by atoms with Crippen molar-refractivity contribution in [3.63, 3.8) is 0 Å². The van der Waals surface area contributed by atoms with Gasteiger partial charge in [-0.05, 0) is 30.5 Å². The Kier molecular flexibility index (Phi) is 6.51. The highest BCUT2D eigenvalue weighted by Gasteiger charge is 2.16. The van der Waals surface area contributed by atoms with Gasteiger partial charge in [0.2, 0.25) is 0 Å². The number of hydrogen-bond acceptors (Lipinski definition) is 4. The molecule has 0 bridgehead atoms. The van der Waals surface area contributed by atoms with E-state index in [1.54, 1.807) is 18.3 Å². The van der Waals surface area contributed by atoms with Gasteiger partial charge in [0.25, 0.3) is 5.91 Å². The summed E-state index contributed by atoms with van der Waals surface area (Å²) in [6.45, 7) is 0. The fourth-order valence-corrected chi connectivity index (χ4v) is 2.49. The van der Waals surface area contributed by atoms with E-state index < -0.39 is 5.97 Å². The number of rotatable bonds is 8. The molecule has 0 radical (unpaired) electrons. The molecule has 0 saturated carbocycles. The molecular formula is C19H23N3O3. The number of hydrogen-bond donors (Lipinski definition) is 2. The van der Waals surface area contributed by atoms with E-state index in [-0.39, 0.29) is 18.4 Å². The molecule has 0 saturated heterocycles. The zero-order valence-corrected chi connectivity index (χ0v) is 14.5. The van der Waals surface area contributed by atoms with Crippen molar-refractivity contribution in [3.8, 4) is 0 Å². The summed E-state index contributed by atoms with van der Waals surface area (Å²) in [5.74, 6) is -0.402. The molecule has 2 N–H and O–H groups in total. The van der Waals surface area contributed by atoms with Gasteiger partial charge in [-0.1, -0.05) is 30.3 Å². The van der Waals surface area contributed by atoms with Crippen LogP contribution in [0.3, 0.4) is 0 Å². The third-order valence-electron chi connectivity index (χ3n) is 3.83. The van der Waals surface area contributed by atoms with Crippen LogP contribution in [0.25, 0.3) is 0 Å². The van der Waals surface area contributed by atoms with Crippen LogP contribution in [0, 0.1) is 0 Å². The summed E-state index contributed by atoms with van der Waals surface area (Å²) in [6, 6.07) is 12.8. The maximum absolute atomic E-state index is 12.6. The number of nitrogens with one attached hydrogen (secondary N) is 1. The van der Waals surface area contributed by atoms with E-state index in [2.05, 4.69) is 10.3 Å². The SMILES string of the molecule is CN(C)c1cc(C(=O)NC(CCC(=O)O)Cc2ccccc2)ccn1. The summed E-state index contributed by atoms with van der Waals surface area (Å²) >= 11 is 0. The van der Waals surface area contributed by atoms with Crippen LogP contribution in [-0.2, 0) is 11.2 Å². The van der Waals surface area contributed by atoms with Gasteiger partial charge in [-0.2, -0.15) is 0 Å². The van der Waals surface area contributed by atoms with Crippen LogP contribution in [0.4, 0.5) is 5.82 Å². The molecule has 6 heteroatoms. The number of carbonyl (C=O) groups excluding carboxylic acids is 1. The smallest absolute Gasteiger partial charge is 0.303 e. The molecule has 1 unspecified atom stereocenters. The zero-order chi connectivity index (χ0) is 18.2. The van der Waals surface area contributed by atoms with E-state index in [1.165, 1.54) is 0 Å². The Morgan fingerprint density at radius 3 is 2.56 bits per heavy atom. The molecule has 0 aliphatic carbocycles.